The minimum Gasteiger partial charge on any atom is -0.480 e. The molecule has 0 bridgehead atoms. The van der Waals surface area contributed by atoms with Crippen LogP contribution < -0.4 is 5.32 Å². The minimum atomic E-state index is -3.44. The number of carbonyl (C=O) groups excluding carboxylic acids is 1. The summed E-state index contributed by atoms with van der Waals surface area (Å²) in [6.45, 7) is 1.29. The lowest BCUT2D eigenvalue weighted by molar-refractivity contribution is -0.140. The molecule has 1 aliphatic carbocycles. The fraction of sp³-hybridized carbons (Fsp3) is 0.800. The third-order valence-electron chi connectivity index (χ3n) is 2.89. The summed E-state index contributed by atoms with van der Waals surface area (Å²) in [5.74, 6) is -2.54. The van der Waals surface area contributed by atoms with Crippen LogP contribution in [0.5, 0.6) is 0 Å². The van der Waals surface area contributed by atoms with Gasteiger partial charge in [0.1, 0.15) is 11.8 Å². The quantitative estimate of drug-likeness (QED) is 0.723. The molecule has 0 radical (unpaired) electrons. The Morgan fingerprint density at radius 2 is 1.88 bits per heavy atom. The van der Waals surface area contributed by atoms with E-state index in [0.29, 0.717) is 12.8 Å². The van der Waals surface area contributed by atoms with Gasteiger partial charge in [-0.15, -0.1) is 0 Å². The molecule has 17 heavy (non-hydrogen) atoms. The van der Waals surface area contributed by atoms with Crippen molar-refractivity contribution in [3.05, 3.63) is 0 Å². The summed E-state index contributed by atoms with van der Waals surface area (Å²) < 4.78 is 23.6. The van der Waals surface area contributed by atoms with Crippen molar-refractivity contribution in [1.29, 1.82) is 0 Å². The predicted octanol–water partition coefficient (Wildman–Crippen LogP) is -0.0669. The Labute approximate surface area is 100 Å². The van der Waals surface area contributed by atoms with Crippen molar-refractivity contribution in [2.24, 2.45) is 0 Å². The SMILES string of the molecule is CC(NC(=O)CS(=O)(=O)C1CCCC1)C(=O)O. The molecule has 0 saturated heterocycles. The molecule has 1 unspecified atom stereocenters. The van der Waals surface area contributed by atoms with Crippen LogP contribution in [0.1, 0.15) is 32.6 Å². The van der Waals surface area contributed by atoms with Gasteiger partial charge in [0.15, 0.2) is 9.84 Å². The molecule has 0 aromatic rings. The molecule has 0 spiro atoms. The van der Waals surface area contributed by atoms with E-state index < -0.39 is 38.8 Å². The largest absolute Gasteiger partial charge is 0.480 e. The fourth-order valence-corrected chi connectivity index (χ4v) is 3.63. The first-order valence-electron chi connectivity index (χ1n) is 5.56. The Kier molecular flexibility index (Phi) is 4.50. The van der Waals surface area contributed by atoms with Crippen molar-refractivity contribution < 1.29 is 23.1 Å². The Morgan fingerprint density at radius 1 is 1.35 bits per heavy atom. The highest BCUT2D eigenvalue weighted by atomic mass is 32.2. The van der Waals surface area contributed by atoms with Crippen LogP contribution in [0.3, 0.4) is 0 Å². The average Bonchev–Trinajstić information content (AvgIpc) is 2.69. The summed E-state index contributed by atoms with van der Waals surface area (Å²) in [5, 5.41) is 10.3. The number of carboxylic acid groups (broad SMARTS) is 1. The molecule has 1 saturated carbocycles. The van der Waals surface area contributed by atoms with Crippen LogP contribution >= 0.6 is 0 Å². The van der Waals surface area contributed by atoms with Crippen LogP contribution in [0.4, 0.5) is 0 Å². The number of aliphatic carboxylic acids is 1. The van der Waals surface area contributed by atoms with Crippen molar-refractivity contribution in [3.63, 3.8) is 0 Å². The van der Waals surface area contributed by atoms with Crippen LogP contribution in [-0.4, -0.2) is 42.4 Å². The third kappa shape index (κ3) is 3.99. The summed E-state index contributed by atoms with van der Waals surface area (Å²) in [6.07, 6.45) is 2.95. The van der Waals surface area contributed by atoms with Crippen LogP contribution in [0, 0.1) is 0 Å². The lowest BCUT2D eigenvalue weighted by atomic mass is 10.3. The highest BCUT2D eigenvalue weighted by Crippen LogP contribution is 2.25. The number of rotatable bonds is 5. The number of hydrogen-bond acceptors (Lipinski definition) is 4. The molecule has 1 fully saturated rings. The molecule has 2 N–H and O–H groups in total. The molecule has 1 atom stereocenters. The molecular formula is C10H17NO5S. The van der Waals surface area contributed by atoms with E-state index in [0.717, 1.165) is 12.8 Å². The van der Waals surface area contributed by atoms with Crippen molar-refractivity contribution in [3.8, 4) is 0 Å². The van der Waals surface area contributed by atoms with E-state index in [-0.39, 0.29) is 0 Å². The van der Waals surface area contributed by atoms with E-state index in [1.54, 1.807) is 0 Å². The van der Waals surface area contributed by atoms with Crippen LogP contribution in [0.15, 0.2) is 0 Å². The van der Waals surface area contributed by atoms with Gasteiger partial charge in [-0.05, 0) is 19.8 Å². The van der Waals surface area contributed by atoms with E-state index in [1.807, 2.05) is 0 Å². The first-order chi connectivity index (χ1) is 7.83. The second-order valence-electron chi connectivity index (χ2n) is 4.34. The summed E-state index contributed by atoms with van der Waals surface area (Å²) >= 11 is 0. The number of nitrogens with one attached hydrogen (secondary N) is 1. The highest BCUT2D eigenvalue weighted by Gasteiger charge is 2.31. The summed E-state index contributed by atoms with van der Waals surface area (Å²) in [7, 11) is -3.44. The van der Waals surface area contributed by atoms with Gasteiger partial charge in [0, 0.05) is 0 Å². The van der Waals surface area contributed by atoms with Crippen molar-refractivity contribution in [1.82, 2.24) is 5.32 Å². The van der Waals surface area contributed by atoms with E-state index in [1.165, 1.54) is 6.92 Å². The van der Waals surface area contributed by atoms with Gasteiger partial charge in [0.2, 0.25) is 5.91 Å². The summed E-state index contributed by atoms with van der Waals surface area (Å²) in [5.41, 5.74) is 0. The minimum absolute atomic E-state index is 0.437. The van der Waals surface area contributed by atoms with Crippen LogP contribution in [0.2, 0.25) is 0 Å². The summed E-state index contributed by atoms with van der Waals surface area (Å²) in [4.78, 5) is 21.9. The first kappa shape index (κ1) is 14.0. The predicted molar refractivity (Wildman–Crippen MR) is 61.3 cm³/mol. The normalized spacial score (nSPS) is 18.9. The zero-order valence-electron chi connectivity index (χ0n) is 9.68. The Bertz CT molecular complexity index is 397. The van der Waals surface area contributed by atoms with Crippen molar-refractivity contribution in [2.75, 3.05) is 5.75 Å². The number of sulfone groups is 1. The maximum Gasteiger partial charge on any atom is 0.325 e. The van der Waals surface area contributed by atoms with E-state index in [4.69, 9.17) is 5.11 Å². The fourth-order valence-electron chi connectivity index (χ4n) is 1.89. The Hall–Kier alpha value is -1.11. The van der Waals surface area contributed by atoms with Gasteiger partial charge in [0.05, 0.1) is 5.25 Å². The average molecular weight is 263 g/mol. The molecule has 7 heteroatoms. The Morgan fingerprint density at radius 3 is 2.35 bits per heavy atom. The maximum absolute atomic E-state index is 11.8. The molecule has 0 aliphatic heterocycles. The van der Waals surface area contributed by atoms with E-state index in [2.05, 4.69) is 5.32 Å². The molecule has 1 aliphatic rings. The standard InChI is InChI=1S/C10H17NO5S/c1-7(10(13)14)11-9(12)6-17(15,16)8-4-2-3-5-8/h7-8H,2-6H2,1H3,(H,11,12)(H,13,14). The first-order valence-corrected chi connectivity index (χ1v) is 7.28. The molecule has 1 amide bonds. The van der Waals surface area contributed by atoms with Crippen LogP contribution in [0.25, 0.3) is 0 Å². The number of amides is 1. The zero-order valence-corrected chi connectivity index (χ0v) is 10.5. The van der Waals surface area contributed by atoms with Crippen molar-refractivity contribution in [2.45, 2.75) is 43.9 Å². The second-order valence-corrected chi connectivity index (χ2v) is 6.62. The van der Waals surface area contributed by atoms with Gasteiger partial charge in [-0.1, -0.05) is 12.8 Å². The van der Waals surface area contributed by atoms with Crippen molar-refractivity contribution >= 4 is 21.7 Å². The van der Waals surface area contributed by atoms with E-state index in [9.17, 15) is 18.0 Å². The zero-order chi connectivity index (χ0) is 13.1. The van der Waals surface area contributed by atoms with Crippen LogP contribution in [-0.2, 0) is 19.4 Å². The van der Waals surface area contributed by atoms with E-state index >= 15 is 0 Å². The lowest BCUT2D eigenvalue weighted by Gasteiger charge is -2.12. The number of carbonyl (C=O) groups is 2. The van der Waals surface area contributed by atoms with Gasteiger partial charge in [-0.3, -0.25) is 9.59 Å². The molecule has 98 valence electrons. The molecular weight excluding hydrogens is 246 g/mol. The highest BCUT2D eigenvalue weighted by molar-refractivity contribution is 7.92. The molecule has 0 aromatic heterocycles. The topological polar surface area (TPSA) is 101 Å². The molecule has 0 aromatic carbocycles. The van der Waals surface area contributed by atoms with Gasteiger partial charge < -0.3 is 10.4 Å². The van der Waals surface area contributed by atoms with Gasteiger partial charge >= 0.3 is 5.97 Å². The second kappa shape index (κ2) is 5.48. The molecule has 1 rings (SSSR count). The summed E-state index contributed by atoms with van der Waals surface area (Å²) in [6, 6.07) is -1.07. The van der Waals surface area contributed by atoms with Gasteiger partial charge in [0.25, 0.3) is 0 Å². The third-order valence-corrected chi connectivity index (χ3v) is 5.04. The monoisotopic (exact) mass is 263 g/mol. The number of hydrogen-bond donors (Lipinski definition) is 2. The van der Waals surface area contributed by atoms with Gasteiger partial charge in [-0.25, -0.2) is 8.42 Å². The smallest absolute Gasteiger partial charge is 0.325 e. The molecule has 0 heterocycles. The van der Waals surface area contributed by atoms with Gasteiger partial charge in [-0.2, -0.15) is 0 Å². The number of carboxylic acids is 1. The molecule has 6 nitrogen and oxygen atoms in total. The lowest BCUT2D eigenvalue weighted by Crippen LogP contribution is -2.42. The Balaban J connectivity index is 2.53. The maximum atomic E-state index is 11.8.